The Kier molecular flexibility index (Phi) is 4.15. The molecule has 0 radical (unpaired) electrons. The van der Waals surface area contributed by atoms with E-state index in [0.717, 1.165) is 26.8 Å². The highest BCUT2D eigenvalue weighted by Crippen LogP contribution is 2.29. The number of nitrogens with zero attached hydrogens (tertiary/aromatic N) is 1. The largest absolute Gasteiger partial charge is 0.494 e. The first-order chi connectivity index (χ1) is 10.7. The van der Waals surface area contributed by atoms with Gasteiger partial charge in [0, 0.05) is 21.6 Å². The molecule has 3 rings (SSSR count). The van der Waals surface area contributed by atoms with Gasteiger partial charge in [-0.3, -0.25) is 4.99 Å². The van der Waals surface area contributed by atoms with Crippen LogP contribution in [0.5, 0.6) is 11.6 Å². The van der Waals surface area contributed by atoms with Crippen LogP contribution in [0.3, 0.4) is 0 Å². The molecular formula is C17H15BrN2O2. The molecule has 112 valence electrons. The van der Waals surface area contributed by atoms with Crippen molar-refractivity contribution in [3.63, 3.8) is 0 Å². The maximum absolute atomic E-state index is 10.0. The van der Waals surface area contributed by atoms with Crippen LogP contribution in [0.2, 0.25) is 0 Å². The second-order valence-electron chi connectivity index (χ2n) is 4.76. The molecule has 5 heteroatoms. The van der Waals surface area contributed by atoms with E-state index in [0.29, 0.717) is 12.2 Å². The highest BCUT2D eigenvalue weighted by atomic mass is 79.9. The maximum Gasteiger partial charge on any atom is 0.198 e. The number of fused-ring (bicyclic) bond motifs is 1. The molecule has 2 aromatic carbocycles. The molecule has 0 fully saturated rings. The number of H-pyrrole nitrogens is 1. The van der Waals surface area contributed by atoms with Crippen LogP contribution >= 0.6 is 15.9 Å². The lowest BCUT2D eigenvalue weighted by molar-refractivity contribution is 0.340. The van der Waals surface area contributed by atoms with E-state index in [1.807, 2.05) is 49.4 Å². The van der Waals surface area contributed by atoms with E-state index < -0.39 is 0 Å². The number of hydrogen-bond acceptors (Lipinski definition) is 3. The summed E-state index contributed by atoms with van der Waals surface area (Å²) in [6.07, 6.45) is 1.66. The number of benzene rings is 2. The van der Waals surface area contributed by atoms with Crippen molar-refractivity contribution in [1.29, 1.82) is 0 Å². The van der Waals surface area contributed by atoms with Crippen LogP contribution in [0, 0.1) is 0 Å². The predicted octanol–water partition coefficient (Wildman–Crippen LogP) is 4.79. The Hall–Kier alpha value is -2.27. The van der Waals surface area contributed by atoms with Crippen molar-refractivity contribution in [2.45, 2.75) is 6.92 Å². The zero-order valence-electron chi connectivity index (χ0n) is 12.0. The maximum atomic E-state index is 10.0. The molecule has 0 bridgehead atoms. The number of aromatic hydroxyl groups is 1. The van der Waals surface area contributed by atoms with Gasteiger partial charge in [0.05, 0.1) is 17.9 Å². The summed E-state index contributed by atoms with van der Waals surface area (Å²) in [5.74, 6) is 0.933. The summed E-state index contributed by atoms with van der Waals surface area (Å²) in [6.45, 7) is 2.59. The van der Waals surface area contributed by atoms with Gasteiger partial charge in [-0.25, -0.2) is 0 Å². The van der Waals surface area contributed by atoms with Gasteiger partial charge in [0.15, 0.2) is 5.88 Å². The molecule has 1 heterocycles. The van der Waals surface area contributed by atoms with Crippen molar-refractivity contribution in [2.24, 2.45) is 4.99 Å². The van der Waals surface area contributed by atoms with Crippen molar-refractivity contribution in [1.82, 2.24) is 4.98 Å². The first-order valence-corrected chi connectivity index (χ1v) is 7.74. The molecule has 0 saturated carbocycles. The van der Waals surface area contributed by atoms with Crippen LogP contribution < -0.4 is 4.74 Å². The van der Waals surface area contributed by atoms with Crippen molar-refractivity contribution in [2.75, 3.05) is 6.61 Å². The predicted molar refractivity (Wildman–Crippen MR) is 92.5 cm³/mol. The van der Waals surface area contributed by atoms with E-state index in [2.05, 4.69) is 25.9 Å². The van der Waals surface area contributed by atoms with E-state index in [-0.39, 0.29) is 5.88 Å². The molecule has 1 aromatic heterocycles. The molecule has 0 saturated heterocycles. The van der Waals surface area contributed by atoms with E-state index >= 15 is 0 Å². The van der Waals surface area contributed by atoms with Gasteiger partial charge < -0.3 is 14.8 Å². The monoisotopic (exact) mass is 358 g/mol. The van der Waals surface area contributed by atoms with Crippen molar-refractivity contribution in [3.8, 4) is 11.6 Å². The number of ether oxygens (including phenoxy) is 1. The number of aromatic amines is 1. The van der Waals surface area contributed by atoms with Crippen molar-refractivity contribution in [3.05, 3.63) is 52.5 Å². The molecule has 4 nitrogen and oxygen atoms in total. The van der Waals surface area contributed by atoms with E-state index in [9.17, 15) is 5.11 Å². The number of aromatic nitrogens is 1. The Morgan fingerprint density at radius 3 is 2.73 bits per heavy atom. The molecule has 22 heavy (non-hydrogen) atoms. The molecule has 0 spiro atoms. The molecule has 0 aliphatic carbocycles. The molecule has 0 aliphatic heterocycles. The third-order valence-corrected chi connectivity index (χ3v) is 3.76. The SMILES string of the molecule is CCOc1ccc(N=Cc2c(O)[nH]c3ccc(Br)cc23)cc1. The Bertz CT molecular complexity index is 823. The fraction of sp³-hybridized carbons (Fsp3) is 0.118. The first kappa shape index (κ1) is 14.7. The fourth-order valence-electron chi connectivity index (χ4n) is 2.24. The topological polar surface area (TPSA) is 57.6 Å². The van der Waals surface area contributed by atoms with Gasteiger partial charge in [-0.1, -0.05) is 15.9 Å². The van der Waals surface area contributed by atoms with Crippen molar-refractivity contribution < 1.29 is 9.84 Å². The minimum Gasteiger partial charge on any atom is -0.494 e. The number of rotatable bonds is 4. The summed E-state index contributed by atoms with van der Waals surface area (Å²) >= 11 is 3.44. The number of hydrogen-bond donors (Lipinski definition) is 2. The lowest BCUT2D eigenvalue weighted by Gasteiger charge is -2.02. The number of aliphatic imine (C=N–C) groups is 1. The standard InChI is InChI=1S/C17H15BrN2O2/c1-2-22-13-6-4-12(5-7-13)19-10-15-14-9-11(18)3-8-16(14)20-17(15)21/h3-10,20-21H,2H2,1H3. The third-order valence-electron chi connectivity index (χ3n) is 3.27. The minimum atomic E-state index is 0.114. The molecule has 3 aromatic rings. The molecular weight excluding hydrogens is 344 g/mol. The van der Waals surface area contributed by atoms with E-state index in [1.165, 1.54) is 0 Å². The summed E-state index contributed by atoms with van der Waals surface area (Å²) in [6, 6.07) is 13.3. The van der Waals surface area contributed by atoms with E-state index in [1.54, 1.807) is 6.21 Å². The Labute approximate surface area is 136 Å². The van der Waals surface area contributed by atoms with E-state index in [4.69, 9.17) is 4.74 Å². The molecule has 0 atom stereocenters. The summed E-state index contributed by atoms with van der Waals surface area (Å²) in [5, 5.41) is 11.0. The lowest BCUT2D eigenvalue weighted by atomic mass is 10.2. The van der Waals surface area contributed by atoms with Gasteiger partial charge in [-0.05, 0) is 49.4 Å². The van der Waals surface area contributed by atoms with Gasteiger partial charge >= 0.3 is 0 Å². The summed E-state index contributed by atoms with van der Waals surface area (Å²) in [7, 11) is 0. The Morgan fingerprint density at radius 1 is 1.23 bits per heavy atom. The van der Waals surface area contributed by atoms with Crippen LogP contribution in [-0.4, -0.2) is 22.9 Å². The zero-order chi connectivity index (χ0) is 15.5. The number of halogens is 1. The third kappa shape index (κ3) is 2.99. The van der Waals surface area contributed by atoms with Crippen LogP contribution in [-0.2, 0) is 0 Å². The lowest BCUT2D eigenvalue weighted by Crippen LogP contribution is -1.89. The van der Waals surface area contributed by atoms with Gasteiger partial charge in [0.2, 0.25) is 0 Å². The molecule has 0 aliphatic rings. The Morgan fingerprint density at radius 2 is 2.00 bits per heavy atom. The zero-order valence-corrected chi connectivity index (χ0v) is 13.6. The number of nitrogens with one attached hydrogen (secondary N) is 1. The first-order valence-electron chi connectivity index (χ1n) is 6.94. The normalized spacial score (nSPS) is 11.4. The van der Waals surface area contributed by atoms with Crippen LogP contribution in [0.1, 0.15) is 12.5 Å². The van der Waals surface area contributed by atoms with Crippen LogP contribution in [0.25, 0.3) is 10.9 Å². The average Bonchev–Trinajstić information content (AvgIpc) is 2.82. The smallest absolute Gasteiger partial charge is 0.198 e. The van der Waals surface area contributed by atoms with Gasteiger partial charge in [-0.2, -0.15) is 0 Å². The summed E-state index contributed by atoms with van der Waals surface area (Å²) in [4.78, 5) is 7.35. The summed E-state index contributed by atoms with van der Waals surface area (Å²) < 4.78 is 6.35. The van der Waals surface area contributed by atoms with Crippen molar-refractivity contribution >= 4 is 38.7 Å². The van der Waals surface area contributed by atoms with Gasteiger partial charge in [0.1, 0.15) is 5.75 Å². The summed E-state index contributed by atoms with van der Waals surface area (Å²) in [5.41, 5.74) is 2.34. The highest BCUT2D eigenvalue weighted by molar-refractivity contribution is 9.10. The molecule has 0 unspecified atom stereocenters. The Balaban J connectivity index is 1.91. The van der Waals surface area contributed by atoms with Gasteiger partial charge in [-0.15, -0.1) is 0 Å². The second-order valence-corrected chi connectivity index (χ2v) is 5.68. The minimum absolute atomic E-state index is 0.114. The van der Waals surface area contributed by atoms with Crippen LogP contribution in [0.4, 0.5) is 5.69 Å². The van der Waals surface area contributed by atoms with Gasteiger partial charge in [0.25, 0.3) is 0 Å². The fourth-order valence-corrected chi connectivity index (χ4v) is 2.60. The average molecular weight is 359 g/mol. The van der Waals surface area contributed by atoms with Crippen LogP contribution in [0.15, 0.2) is 51.9 Å². The highest BCUT2D eigenvalue weighted by Gasteiger charge is 2.09. The quantitative estimate of drug-likeness (QED) is 0.659. The molecule has 2 N–H and O–H groups in total. The molecule has 0 amide bonds. The second kappa shape index (κ2) is 6.23.